The first-order chi connectivity index (χ1) is 18.7. The number of benzene rings is 2. The van der Waals surface area contributed by atoms with E-state index in [1.54, 1.807) is 56.3 Å². The van der Waals surface area contributed by atoms with Gasteiger partial charge in [0.25, 0.3) is 11.5 Å². The average Bonchev–Trinajstić information content (AvgIpc) is 3.39. The number of thiazole rings is 1. The topological polar surface area (TPSA) is 116 Å². The molecular weight excluding hydrogens is 522 g/mol. The molecule has 3 aromatic rings. The minimum Gasteiger partial charge on any atom is -0.493 e. The van der Waals surface area contributed by atoms with Crippen LogP contribution in [0.3, 0.4) is 0 Å². The van der Waals surface area contributed by atoms with E-state index >= 15 is 0 Å². The van der Waals surface area contributed by atoms with Gasteiger partial charge in [-0.25, -0.2) is 14.7 Å². The summed E-state index contributed by atoms with van der Waals surface area (Å²) in [6.07, 6.45) is 0. The van der Waals surface area contributed by atoms with Gasteiger partial charge in [-0.3, -0.25) is 19.0 Å². The zero-order valence-electron chi connectivity index (χ0n) is 21.9. The molecule has 0 bridgehead atoms. The quantitative estimate of drug-likeness (QED) is 0.449. The predicted molar refractivity (Wildman–Crippen MR) is 143 cm³/mol. The molecule has 200 valence electrons. The zero-order valence-corrected chi connectivity index (χ0v) is 22.8. The van der Waals surface area contributed by atoms with Crippen LogP contribution >= 0.6 is 11.3 Å². The average molecular weight is 548 g/mol. The van der Waals surface area contributed by atoms with Crippen molar-refractivity contribution in [1.29, 1.82) is 0 Å². The smallest absolute Gasteiger partial charge is 0.338 e. The lowest BCUT2D eigenvalue weighted by Gasteiger charge is -2.25. The molecule has 0 unspecified atom stereocenters. The Morgan fingerprint density at radius 1 is 1.05 bits per heavy atom. The van der Waals surface area contributed by atoms with Gasteiger partial charge in [-0.15, -0.1) is 0 Å². The summed E-state index contributed by atoms with van der Waals surface area (Å²) in [4.78, 5) is 59.1. The summed E-state index contributed by atoms with van der Waals surface area (Å²) in [5.74, 6) is -0.764. The number of para-hydroxylation sites is 1. The van der Waals surface area contributed by atoms with Crippen molar-refractivity contribution in [2.24, 2.45) is 4.99 Å². The molecule has 0 saturated heterocycles. The molecule has 2 aliphatic rings. The van der Waals surface area contributed by atoms with E-state index in [4.69, 9.17) is 14.2 Å². The van der Waals surface area contributed by atoms with Gasteiger partial charge in [-0.05, 0) is 37.6 Å². The minimum absolute atomic E-state index is 0.120. The molecule has 11 heteroatoms. The number of hydrogen-bond acceptors (Lipinski definition) is 9. The molecular formula is C28H25N3O7S. The van der Waals surface area contributed by atoms with Crippen LogP contribution in [0.4, 0.5) is 5.69 Å². The van der Waals surface area contributed by atoms with Gasteiger partial charge in [-0.2, -0.15) is 0 Å². The highest BCUT2D eigenvalue weighted by Gasteiger charge is 2.38. The lowest BCUT2D eigenvalue weighted by molar-refractivity contribution is -0.139. The number of aromatic nitrogens is 1. The number of hydrogen-bond donors (Lipinski definition) is 0. The van der Waals surface area contributed by atoms with Crippen LogP contribution in [0.25, 0.3) is 5.57 Å². The summed E-state index contributed by atoms with van der Waals surface area (Å²) in [5.41, 5.74) is 1.63. The molecule has 2 amide bonds. The van der Waals surface area contributed by atoms with Gasteiger partial charge >= 0.3 is 5.97 Å². The number of esters is 1. The second kappa shape index (κ2) is 9.99. The first-order valence-electron chi connectivity index (χ1n) is 12.1. The number of rotatable bonds is 5. The van der Waals surface area contributed by atoms with Crippen molar-refractivity contribution in [2.45, 2.75) is 26.8 Å². The lowest BCUT2D eigenvalue weighted by Crippen LogP contribution is -2.41. The molecule has 10 nitrogen and oxygen atoms in total. The van der Waals surface area contributed by atoms with Crippen LogP contribution in [0.2, 0.25) is 0 Å². The van der Waals surface area contributed by atoms with E-state index in [-0.39, 0.29) is 22.3 Å². The van der Waals surface area contributed by atoms with Gasteiger partial charge in [-0.1, -0.05) is 35.6 Å². The van der Waals surface area contributed by atoms with Crippen molar-refractivity contribution in [1.82, 2.24) is 4.57 Å². The van der Waals surface area contributed by atoms with Crippen LogP contribution in [0, 0.1) is 0 Å². The van der Waals surface area contributed by atoms with E-state index in [9.17, 15) is 19.2 Å². The fourth-order valence-electron chi connectivity index (χ4n) is 4.93. The summed E-state index contributed by atoms with van der Waals surface area (Å²) in [6.45, 7) is 4.80. The van der Waals surface area contributed by atoms with Crippen molar-refractivity contribution in [2.75, 3.05) is 25.7 Å². The molecule has 0 radical (unpaired) electrons. The Morgan fingerprint density at radius 2 is 1.77 bits per heavy atom. The van der Waals surface area contributed by atoms with Crippen molar-refractivity contribution in [3.8, 4) is 11.5 Å². The molecule has 39 heavy (non-hydrogen) atoms. The monoisotopic (exact) mass is 547 g/mol. The van der Waals surface area contributed by atoms with E-state index in [1.807, 2.05) is 0 Å². The van der Waals surface area contributed by atoms with E-state index in [2.05, 4.69) is 4.99 Å². The van der Waals surface area contributed by atoms with Crippen molar-refractivity contribution in [3.63, 3.8) is 0 Å². The van der Waals surface area contributed by atoms with E-state index in [0.29, 0.717) is 38.8 Å². The molecule has 1 atom stereocenters. The third-order valence-corrected chi connectivity index (χ3v) is 7.64. The molecule has 2 aromatic carbocycles. The number of anilines is 1. The number of nitrogens with zero attached hydrogens (tertiary/aromatic N) is 3. The number of methoxy groups -OCH3 is 2. The maximum Gasteiger partial charge on any atom is 0.338 e. The van der Waals surface area contributed by atoms with Crippen LogP contribution in [0.15, 0.2) is 63.5 Å². The highest BCUT2D eigenvalue weighted by atomic mass is 32.1. The van der Waals surface area contributed by atoms with Crippen LogP contribution < -0.4 is 29.3 Å². The Bertz CT molecular complexity index is 1770. The van der Waals surface area contributed by atoms with Crippen LogP contribution in [0.1, 0.15) is 37.9 Å². The van der Waals surface area contributed by atoms with E-state index < -0.39 is 29.4 Å². The number of carbonyl (C=O) groups excluding carboxylic acids is 3. The molecule has 0 spiro atoms. The molecule has 3 heterocycles. The Kier molecular flexibility index (Phi) is 6.69. The summed E-state index contributed by atoms with van der Waals surface area (Å²) in [5, 5.41) is 0. The molecule has 0 N–H and O–H groups in total. The minimum atomic E-state index is -0.912. The molecule has 5 rings (SSSR count). The Labute approximate surface area is 227 Å². The lowest BCUT2D eigenvalue weighted by atomic mass is 9.95. The summed E-state index contributed by atoms with van der Waals surface area (Å²) in [7, 11) is 3.00. The highest BCUT2D eigenvalue weighted by molar-refractivity contribution is 7.07. The van der Waals surface area contributed by atoms with Crippen LogP contribution in [-0.2, 0) is 19.1 Å². The standard InChI is InChI=1S/C28H25N3O7S/c1-6-38-27(35)21-14(2)29-28-31(23(21)16-11-12-19(36-4)20(13-16)37-5)26(34)24(39-28)22-17-9-7-8-10-18(17)30(15(3)32)25(22)33/h7-13,23H,6H2,1-5H3/t23-/m1/s1. The predicted octanol–water partition coefficient (Wildman–Crippen LogP) is 2.08. The largest absolute Gasteiger partial charge is 0.493 e. The Balaban J connectivity index is 1.83. The Hall–Kier alpha value is -4.51. The maximum atomic E-state index is 14.1. The summed E-state index contributed by atoms with van der Waals surface area (Å²) >= 11 is 1.03. The molecule has 0 aliphatic carbocycles. The first-order valence-corrected chi connectivity index (χ1v) is 12.9. The van der Waals surface area contributed by atoms with Crippen LogP contribution in [-0.4, -0.2) is 43.2 Å². The fourth-order valence-corrected chi connectivity index (χ4v) is 6.07. The second-order valence-electron chi connectivity index (χ2n) is 8.79. The van der Waals surface area contributed by atoms with Gasteiger partial charge in [0.1, 0.15) is 4.53 Å². The molecule has 2 aliphatic heterocycles. The third kappa shape index (κ3) is 4.06. The molecule has 0 saturated carbocycles. The number of amides is 2. The number of carbonyl (C=O) groups is 3. The molecule has 0 fully saturated rings. The van der Waals surface area contributed by atoms with E-state index in [0.717, 1.165) is 16.2 Å². The van der Waals surface area contributed by atoms with E-state index in [1.165, 1.54) is 25.7 Å². The normalized spacial score (nSPS) is 17.4. The molecule has 1 aromatic heterocycles. The van der Waals surface area contributed by atoms with Gasteiger partial charge < -0.3 is 14.2 Å². The highest BCUT2D eigenvalue weighted by Crippen LogP contribution is 2.37. The number of imide groups is 1. The van der Waals surface area contributed by atoms with Gasteiger partial charge in [0, 0.05) is 12.5 Å². The number of allylic oxidation sites excluding steroid dienone is 1. The van der Waals surface area contributed by atoms with Crippen molar-refractivity contribution in [3.05, 3.63) is 84.5 Å². The third-order valence-electron chi connectivity index (χ3n) is 6.59. The summed E-state index contributed by atoms with van der Waals surface area (Å²) in [6, 6.07) is 11.0. The first kappa shape index (κ1) is 26.1. The second-order valence-corrected chi connectivity index (χ2v) is 9.77. The summed E-state index contributed by atoms with van der Waals surface area (Å²) < 4.78 is 17.7. The zero-order chi connectivity index (χ0) is 28.0. The number of ether oxygens (including phenoxy) is 3. The number of fused-ring (bicyclic) bond motifs is 2. The van der Waals surface area contributed by atoms with Crippen molar-refractivity contribution >= 4 is 40.4 Å². The van der Waals surface area contributed by atoms with Crippen molar-refractivity contribution < 1.29 is 28.6 Å². The fraction of sp³-hybridized carbons (Fsp3) is 0.250. The maximum absolute atomic E-state index is 14.1. The van der Waals surface area contributed by atoms with Crippen LogP contribution in [0.5, 0.6) is 11.5 Å². The van der Waals surface area contributed by atoms with Gasteiger partial charge in [0.05, 0.1) is 49.4 Å². The SMILES string of the molecule is CCOC(=O)C1=C(C)N=c2sc(=C3C(=O)N(C(C)=O)c4ccccc43)c(=O)n2[C@@H]1c1ccc(OC)c(OC)c1. The Morgan fingerprint density at radius 3 is 2.44 bits per heavy atom. The van der Waals surface area contributed by atoms with Gasteiger partial charge in [0.15, 0.2) is 16.3 Å². The van der Waals surface area contributed by atoms with Gasteiger partial charge in [0.2, 0.25) is 5.91 Å².